The van der Waals surface area contributed by atoms with Gasteiger partial charge in [0.25, 0.3) is 0 Å². The highest BCUT2D eigenvalue weighted by atomic mass is 32.1. The first-order valence-electron chi connectivity index (χ1n) is 5.61. The topological polar surface area (TPSA) is 46.3 Å². The third kappa shape index (κ3) is 3.45. The highest BCUT2D eigenvalue weighted by molar-refractivity contribution is 7.80. The Kier molecular flexibility index (Phi) is 4.51. The molecule has 86 valence electrons. The van der Waals surface area contributed by atoms with E-state index >= 15 is 0 Å². The van der Waals surface area contributed by atoms with Crippen LogP contribution in [0.25, 0.3) is 0 Å². The Balaban J connectivity index is 2.43. The Bertz CT molecular complexity index is 255. The van der Waals surface area contributed by atoms with Crippen LogP contribution < -0.4 is 5.73 Å². The van der Waals surface area contributed by atoms with Gasteiger partial charge in [-0.05, 0) is 12.3 Å². The summed E-state index contributed by atoms with van der Waals surface area (Å²) in [5.41, 5.74) is 5.55. The molecule has 2 N–H and O–H groups in total. The van der Waals surface area contributed by atoms with Crippen LogP contribution in [0.2, 0.25) is 0 Å². The minimum absolute atomic E-state index is 0.129. The summed E-state index contributed by atoms with van der Waals surface area (Å²) in [6, 6.07) is 0. The second kappa shape index (κ2) is 5.45. The van der Waals surface area contributed by atoms with Gasteiger partial charge in [0.15, 0.2) is 0 Å². The highest BCUT2D eigenvalue weighted by Gasteiger charge is 2.29. The first-order valence-corrected chi connectivity index (χ1v) is 6.02. The number of hydrogen-bond acceptors (Lipinski definition) is 2. The van der Waals surface area contributed by atoms with Crippen molar-refractivity contribution in [3.8, 4) is 0 Å². The number of rotatable bonds is 5. The molecule has 1 heterocycles. The summed E-state index contributed by atoms with van der Waals surface area (Å²) in [5, 5.41) is 0. The van der Waals surface area contributed by atoms with Crippen molar-refractivity contribution in [1.82, 2.24) is 4.90 Å². The maximum absolute atomic E-state index is 11.7. The Hall–Kier alpha value is -0.640. The molecule has 0 bridgehead atoms. The number of nitrogens with two attached hydrogens (primary N) is 1. The first-order chi connectivity index (χ1) is 7.04. The number of carbonyl (C=O) groups excluding carboxylic acids is 1. The molecule has 1 aliphatic rings. The zero-order chi connectivity index (χ0) is 11.4. The summed E-state index contributed by atoms with van der Waals surface area (Å²) in [5.74, 6) is 0.932. The summed E-state index contributed by atoms with van der Waals surface area (Å²) < 4.78 is 0. The van der Waals surface area contributed by atoms with Gasteiger partial charge in [0.05, 0.1) is 4.99 Å². The number of nitrogens with zero attached hydrogens (tertiary/aromatic N) is 1. The second-order valence-electron chi connectivity index (χ2n) is 4.46. The quantitative estimate of drug-likeness (QED) is 0.726. The lowest BCUT2D eigenvalue weighted by molar-refractivity contribution is -0.127. The van der Waals surface area contributed by atoms with Crippen molar-refractivity contribution in [2.45, 2.75) is 33.1 Å². The van der Waals surface area contributed by atoms with Gasteiger partial charge < -0.3 is 10.6 Å². The van der Waals surface area contributed by atoms with Gasteiger partial charge in [-0.2, -0.15) is 0 Å². The lowest BCUT2D eigenvalue weighted by Gasteiger charge is -2.20. The van der Waals surface area contributed by atoms with Crippen LogP contribution in [0.15, 0.2) is 0 Å². The highest BCUT2D eigenvalue weighted by Crippen LogP contribution is 2.22. The van der Waals surface area contributed by atoms with E-state index in [1.54, 1.807) is 0 Å². The van der Waals surface area contributed by atoms with Crippen LogP contribution in [0.1, 0.15) is 33.1 Å². The number of carbonyl (C=O) groups is 1. The van der Waals surface area contributed by atoms with Crippen LogP contribution in [0.4, 0.5) is 0 Å². The Labute approximate surface area is 97.0 Å². The van der Waals surface area contributed by atoms with E-state index in [0.717, 1.165) is 19.4 Å². The van der Waals surface area contributed by atoms with Crippen molar-refractivity contribution in [3.63, 3.8) is 0 Å². The fourth-order valence-electron chi connectivity index (χ4n) is 2.05. The predicted octanol–water partition coefficient (Wildman–Crippen LogP) is 1.56. The molecule has 1 rings (SSSR count). The number of amides is 1. The van der Waals surface area contributed by atoms with E-state index in [1.807, 2.05) is 11.8 Å². The van der Waals surface area contributed by atoms with Gasteiger partial charge in [0, 0.05) is 25.4 Å². The van der Waals surface area contributed by atoms with Gasteiger partial charge in [-0.1, -0.05) is 32.5 Å². The van der Waals surface area contributed by atoms with Gasteiger partial charge in [0.2, 0.25) is 5.91 Å². The largest absolute Gasteiger partial charge is 0.393 e. The first kappa shape index (κ1) is 12.4. The van der Waals surface area contributed by atoms with E-state index in [2.05, 4.69) is 6.92 Å². The van der Waals surface area contributed by atoms with Gasteiger partial charge >= 0.3 is 0 Å². The average Bonchev–Trinajstić information content (AvgIpc) is 2.47. The molecule has 0 aromatic heterocycles. The van der Waals surface area contributed by atoms with Crippen molar-refractivity contribution in [2.75, 3.05) is 13.1 Å². The normalized spacial score (nSPS) is 23.2. The van der Waals surface area contributed by atoms with Crippen molar-refractivity contribution < 1.29 is 4.79 Å². The molecular weight excluding hydrogens is 208 g/mol. The molecule has 0 saturated carbocycles. The zero-order valence-corrected chi connectivity index (χ0v) is 10.3. The van der Waals surface area contributed by atoms with E-state index in [1.165, 1.54) is 0 Å². The third-order valence-corrected chi connectivity index (χ3v) is 3.37. The predicted molar refractivity (Wildman–Crippen MR) is 65.5 cm³/mol. The molecule has 1 amide bonds. The van der Waals surface area contributed by atoms with Gasteiger partial charge in [0.1, 0.15) is 0 Å². The molecule has 0 aromatic carbocycles. The maximum atomic E-state index is 11.7. The molecule has 1 aliphatic heterocycles. The third-order valence-electron chi connectivity index (χ3n) is 2.97. The summed E-state index contributed by atoms with van der Waals surface area (Å²) in [7, 11) is 0. The average molecular weight is 228 g/mol. The lowest BCUT2D eigenvalue weighted by atomic mass is 10.0. The van der Waals surface area contributed by atoms with Gasteiger partial charge in [-0.15, -0.1) is 0 Å². The molecule has 3 nitrogen and oxygen atoms in total. The van der Waals surface area contributed by atoms with E-state index in [-0.39, 0.29) is 11.8 Å². The van der Waals surface area contributed by atoms with Crippen LogP contribution in [-0.2, 0) is 4.79 Å². The summed E-state index contributed by atoms with van der Waals surface area (Å²) in [4.78, 5) is 14.1. The minimum atomic E-state index is 0.129. The molecule has 2 unspecified atom stereocenters. The van der Waals surface area contributed by atoms with E-state index < -0.39 is 0 Å². The van der Waals surface area contributed by atoms with Crippen LogP contribution in [0.3, 0.4) is 0 Å². The van der Waals surface area contributed by atoms with Crippen molar-refractivity contribution in [2.24, 2.45) is 17.6 Å². The molecule has 0 aliphatic carbocycles. The van der Waals surface area contributed by atoms with Crippen molar-refractivity contribution in [1.29, 1.82) is 0 Å². The molecular formula is C11H20N2OS. The van der Waals surface area contributed by atoms with Gasteiger partial charge in [-0.25, -0.2) is 0 Å². The molecule has 2 atom stereocenters. The standard InChI is InChI=1S/C11H20N2OS/c1-3-4-9-5-10(14)13(7-9)6-8(2)11(12)15/h8-9H,3-7H2,1-2H3,(H2,12,15). The summed E-state index contributed by atoms with van der Waals surface area (Å²) in [6.45, 7) is 5.71. The molecule has 0 radical (unpaired) electrons. The molecule has 0 aromatic rings. The van der Waals surface area contributed by atoms with E-state index in [4.69, 9.17) is 18.0 Å². The molecule has 4 heteroatoms. The summed E-state index contributed by atoms with van der Waals surface area (Å²) >= 11 is 4.91. The molecule has 1 fully saturated rings. The maximum Gasteiger partial charge on any atom is 0.222 e. The molecule has 15 heavy (non-hydrogen) atoms. The Morgan fingerprint density at radius 1 is 1.73 bits per heavy atom. The van der Waals surface area contributed by atoms with E-state index in [0.29, 0.717) is 23.9 Å². The van der Waals surface area contributed by atoms with Gasteiger partial charge in [-0.3, -0.25) is 4.79 Å². The van der Waals surface area contributed by atoms with Crippen LogP contribution in [0, 0.1) is 11.8 Å². The van der Waals surface area contributed by atoms with Crippen molar-refractivity contribution >= 4 is 23.1 Å². The minimum Gasteiger partial charge on any atom is -0.393 e. The fraction of sp³-hybridized carbons (Fsp3) is 0.818. The number of hydrogen-bond donors (Lipinski definition) is 1. The fourth-order valence-corrected chi connectivity index (χ4v) is 2.13. The van der Waals surface area contributed by atoms with Crippen LogP contribution in [-0.4, -0.2) is 28.9 Å². The van der Waals surface area contributed by atoms with Crippen LogP contribution >= 0.6 is 12.2 Å². The zero-order valence-electron chi connectivity index (χ0n) is 9.53. The smallest absolute Gasteiger partial charge is 0.222 e. The monoisotopic (exact) mass is 228 g/mol. The van der Waals surface area contributed by atoms with Crippen LogP contribution in [0.5, 0.6) is 0 Å². The number of likely N-dealkylation sites (tertiary alicyclic amines) is 1. The SMILES string of the molecule is CCCC1CC(=O)N(CC(C)C(N)=S)C1. The van der Waals surface area contributed by atoms with Crippen molar-refractivity contribution in [3.05, 3.63) is 0 Å². The number of thiocarbonyl (C=S) groups is 1. The summed E-state index contributed by atoms with van der Waals surface area (Å²) in [6.07, 6.45) is 3.00. The molecule has 0 spiro atoms. The molecule has 1 saturated heterocycles. The second-order valence-corrected chi connectivity index (χ2v) is 4.93. The Morgan fingerprint density at radius 2 is 2.40 bits per heavy atom. The van der Waals surface area contributed by atoms with E-state index in [9.17, 15) is 4.79 Å². The lowest BCUT2D eigenvalue weighted by Crippen LogP contribution is -2.35. The Morgan fingerprint density at radius 3 is 2.93 bits per heavy atom.